The highest BCUT2D eigenvalue weighted by Crippen LogP contribution is 2.31. The van der Waals surface area contributed by atoms with Crippen molar-refractivity contribution in [3.8, 4) is 0 Å². The van der Waals surface area contributed by atoms with Crippen LogP contribution in [-0.2, 0) is 27.7 Å². The van der Waals surface area contributed by atoms with E-state index in [1.54, 1.807) is 6.92 Å². The van der Waals surface area contributed by atoms with Gasteiger partial charge in [-0.25, -0.2) is 8.42 Å². The second-order valence-electron chi connectivity index (χ2n) is 4.81. The Balaban J connectivity index is 3.65. The Morgan fingerprint density at radius 2 is 1.67 bits per heavy atom. The summed E-state index contributed by atoms with van der Waals surface area (Å²) in [6, 6.07) is 4.76. The van der Waals surface area contributed by atoms with Crippen LogP contribution in [0.1, 0.15) is 38.8 Å². The van der Waals surface area contributed by atoms with Crippen LogP contribution in [0.5, 0.6) is 0 Å². The van der Waals surface area contributed by atoms with Gasteiger partial charge >= 0.3 is 0 Å². The summed E-state index contributed by atoms with van der Waals surface area (Å²) in [5.41, 5.74) is 2.40. The third kappa shape index (κ3) is 3.77. The molecule has 1 atom stereocenters. The lowest BCUT2D eigenvalue weighted by Gasteiger charge is -2.31. The first-order chi connectivity index (χ1) is 9.80. The molecule has 1 unspecified atom stereocenters. The number of carbonyl (C=O) groups is 1. The molecule has 0 N–H and O–H groups in total. The number of carbonyl (C=O) groups excluding carboxylic acids is 1. The predicted octanol–water partition coefficient (Wildman–Crippen LogP) is 3.12. The number of hydrogen-bond donors (Lipinski definition) is 0. The van der Waals surface area contributed by atoms with Gasteiger partial charge in [-0.15, -0.1) is 0 Å². The molecule has 0 saturated heterocycles. The van der Waals surface area contributed by atoms with Crippen molar-refractivity contribution in [3.63, 3.8) is 0 Å². The first-order valence-electron chi connectivity index (χ1n) is 7.12. The van der Waals surface area contributed by atoms with Gasteiger partial charge in [-0.3, -0.25) is 9.10 Å². The average molecular weight is 332 g/mol. The lowest BCUT2D eigenvalue weighted by molar-refractivity contribution is -0.112. The van der Waals surface area contributed by atoms with Gasteiger partial charge in [0.15, 0.2) is 0 Å². The maximum absolute atomic E-state index is 12.5. The van der Waals surface area contributed by atoms with Crippen molar-refractivity contribution in [1.29, 1.82) is 0 Å². The SMILES string of the molecule is CCc1cccc(CC)c1N(C(C)C(=O)Cl)S(=O)(=O)CC. The molecule has 6 heteroatoms. The summed E-state index contributed by atoms with van der Waals surface area (Å²) < 4.78 is 26.2. The van der Waals surface area contributed by atoms with Gasteiger partial charge in [0.05, 0.1) is 11.4 Å². The number of nitrogens with zero attached hydrogens (tertiary/aromatic N) is 1. The number of para-hydroxylation sites is 1. The molecule has 0 aliphatic carbocycles. The zero-order chi connectivity index (χ0) is 16.2. The molecule has 0 fully saturated rings. The zero-order valence-corrected chi connectivity index (χ0v) is 14.5. The minimum absolute atomic E-state index is 0.0806. The van der Waals surface area contributed by atoms with Gasteiger partial charge in [-0.1, -0.05) is 32.0 Å². The summed E-state index contributed by atoms with van der Waals surface area (Å²) in [5, 5.41) is -0.681. The van der Waals surface area contributed by atoms with E-state index in [0.29, 0.717) is 18.5 Å². The Bertz CT molecular complexity index is 591. The second-order valence-corrected chi connectivity index (χ2v) is 7.32. The standard InChI is InChI=1S/C15H22ClNO3S/c1-5-12-9-8-10-13(6-2)14(12)17(11(4)15(16)18)21(19,20)7-3/h8-11H,5-7H2,1-4H3. The molecule has 0 aromatic heterocycles. The highest BCUT2D eigenvalue weighted by atomic mass is 35.5. The summed E-state index contributed by atoms with van der Waals surface area (Å²) in [5.74, 6) is -0.0806. The minimum atomic E-state index is -3.59. The van der Waals surface area contributed by atoms with Crippen LogP contribution >= 0.6 is 11.6 Å². The summed E-state index contributed by atoms with van der Waals surface area (Å²) >= 11 is 5.58. The molecular weight excluding hydrogens is 310 g/mol. The van der Waals surface area contributed by atoms with E-state index in [-0.39, 0.29) is 5.75 Å². The number of sulfonamides is 1. The fourth-order valence-corrected chi connectivity index (χ4v) is 3.83. The number of hydrogen-bond acceptors (Lipinski definition) is 3. The Morgan fingerprint density at radius 3 is 2.00 bits per heavy atom. The van der Waals surface area contributed by atoms with E-state index in [1.807, 2.05) is 32.0 Å². The van der Waals surface area contributed by atoms with Gasteiger partial charge in [0, 0.05) is 0 Å². The van der Waals surface area contributed by atoms with Gasteiger partial charge in [0.1, 0.15) is 6.04 Å². The normalized spacial score (nSPS) is 13.0. The highest BCUT2D eigenvalue weighted by molar-refractivity contribution is 7.92. The molecule has 1 rings (SSSR count). The number of aryl methyl sites for hydroxylation is 2. The van der Waals surface area contributed by atoms with E-state index >= 15 is 0 Å². The Hall–Kier alpha value is -1.07. The Morgan fingerprint density at radius 1 is 1.19 bits per heavy atom. The molecule has 4 nitrogen and oxygen atoms in total. The van der Waals surface area contributed by atoms with Crippen molar-refractivity contribution in [2.24, 2.45) is 0 Å². The van der Waals surface area contributed by atoms with Crippen molar-refractivity contribution in [1.82, 2.24) is 0 Å². The van der Waals surface area contributed by atoms with Crippen molar-refractivity contribution in [2.45, 2.75) is 46.6 Å². The molecule has 0 saturated carbocycles. The highest BCUT2D eigenvalue weighted by Gasteiger charge is 2.32. The molecular formula is C15H22ClNO3S. The summed E-state index contributed by atoms with van der Waals surface area (Å²) in [6.07, 6.45) is 1.37. The first kappa shape index (κ1) is 18.0. The van der Waals surface area contributed by atoms with E-state index < -0.39 is 21.3 Å². The van der Waals surface area contributed by atoms with Crippen LogP contribution in [0.2, 0.25) is 0 Å². The third-order valence-corrected chi connectivity index (χ3v) is 5.67. The number of rotatable bonds is 7. The van der Waals surface area contributed by atoms with Crippen LogP contribution in [-0.4, -0.2) is 25.5 Å². The average Bonchev–Trinajstić information content (AvgIpc) is 2.46. The van der Waals surface area contributed by atoms with Crippen molar-refractivity contribution < 1.29 is 13.2 Å². The van der Waals surface area contributed by atoms with E-state index in [9.17, 15) is 13.2 Å². The van der Waals surface area contributed by atoms with E-state index in [1.165, 1.54) is 11.2 Å². The molecule has 0 aliphatic rings. The lowest BCUT2D eigenvalue weighted by Crippen LogP contribution is -2.43. The van der Waals surface area contributed by atoms with Crippen LogP contribution in [0.3, 0.4) is 0 Å². The summed E-state index contributed by atoms with van der Waals surface area (Å²) in [6.45, 7) is 7.01. The number of halogens is 1. The van der Waals surface area contributed by atoms with Gasteiger partial charge in [0.25, 0.3) is 0 Å². The fourth-order valence-electron chi connectivity index (χ4n) is 2.30. The van der Waals surface area contributed by atoms with Crippen LogP contribution in [0.15, 0.2) is 18.2 Å². The molecule has 0 radical (unpaired) electrons. The van der Waals surface area contributed by atoms with Crippen LogP contribution in [0.25, 0.3) is 0 Å². The Labute approximate surface area is 132 Å². The topological polar surface area (TPSA) is 54.5 Å². The zero-order valence-electron chi connectivity index (χ0n) is 12.9. The van der Waals surface area contributed by atoms with Gasteiger partial charge in [0.2, 0.25) is 15.3 Å². The quantitative estimate of drug-likeness (QED) is 0.721. The summed E-state index contributed by atoms with van der Waals surface area (Å²) in [4.78, 5) is 11.6. The molecule has 118 valence electrons. The van der Waals surface area contributed by atoms with E-state index in [0.717, 1.165) is 11.1 Å². The fraction of sp³-hybridized carbons (Fsp3) is 0.533. The predicted molar refractivity (Wildman–Crippen MR) is 87.5 cm³/mol. The number of anilines is 1. The summed E-state index contributed by atoms with van der Waals surface area (Å²) in [7, 11) is -3.59. The third-order valence-electron chi connectivity index (χ3n) is 3.53. The maximum atomic E-state index is 12.5. The molecule has 0 bridgehead atoms. The monoisotopic (exact) mass is 331 g/mol. The smallest absolute Gasteiger partial charge is 0.245 e. The van der Waals surface area contributed by atoms with Crippen LogP contribution in [0, 0.1) is 0 Å². The number of benzene rings is 1. The van der Waals surface area contributed by atoms with Gasteiger partial charge < -0.3 is 0 Å². The molecule has 21 heavy (non-hydrogen) atoms. The van der Waals surface area contributed by atoms with Crippen molar-refractivity contribution in [3.05, 3.63) is 29.3 Å². The molecule has 0 spiro atoms. The van der Waals surface area contributed by atoms with Crippen molar-refractivity contribution in [2.75, 3.05) is 10.1 Å². The lowest BCUT2D eigenvalue weighted by atomic mass is 10.0. The molecule has 0 heterocycles. The maximum Gasteiger partial charge on any atom is 0.245 e. The second kappa shape index (κ2) is 7.27. The Kier molecular flexibility index (Phi) is 6.23. The molecule has 0 aliphatic heterocycles. The first-order valence-corrected chi connectivity index (χ1v) is 9.11. The molecule has 1 aromatic rings. The van der Waals surface area contributed by atoms with Crippen LogP contribution < -0.4 is 4.31 Å². The minimum Gasteiger partial charge on any atom is -0.279 e. The largest absolute Gasteiger partial charge is 0.279 e. The van der Waals surface area contributed by atoms with Crippen LogP contribution in [0.4, 0.5) is 5.69 Å². The molecule has 0 amide bonds. The molecule has 1 aromatic carbocycles. The van der Waals surface area contributed by atoms with E-state index in [4.69, 9.17) is 11.6 Å². The van der Waals surface area contributed by atoms with E-state index in [2.05, 4.69) is 0 Å². The van der Waals surface area contributed by atoms with Gasteiger partial charge in [-0.2, -0.15) is 0 Å². The van der Waals surface area contributed by atoms with Gasteiger partial charge in [-0.05, 0) is 49.4 Å². The van der Waals surface area contributed by atoms with Crippen molar-refractivity contribution >= 4 is 32.6 Å².